The molecule has 0 heterocycles. The van der Waals surface area contributed by atoms with Crippen molar-refractivity contribution >= 4 is 5.78 Å². The van der Waals surface area contributed by atoms with Crippen molar-refractivity contribution in [2.75, 3.05) is 0 Å². The standard InChI is InChI=1S/C10H11NO/c1-8(7-9(2)12)11-10-5-3-4-6-10/h3-5,7,11H,1-2H3/b8-7+. The maximum Gasteiger partial charge on any atom is 0.154 e. The van der Waals surface area contributed by atoms with Crippen molar-refractivity contribution in [2.45, 2.75) is 13.8 Å². The average Bonchev–Trinajstić information content (AvgIpc) is 2.37. The van der Waals surface area contributed by atoms with Crippen molar-refractivity contribution in [3.63, 3.8) is 0 Å². The van der Waals surface area contributed by atoms with Crippen molar-refractivity contribution in [2.24, 2.45) is 0 Å². The fraction of sp³-hybridized carbons (Fsp3) is 0.200. The van der Waals surface area contributed by atoms with E-state index in [1.165, 1.54) is 6.92 Å². The van der Waals surface area contributed by atoms with E-state index in [1.54, 1.807) is 6.08 Å². The number of carbonyl (C=O) groups is 1. The van der Waals surface area contributed by atoms with Crippen LogP contribution >= 0.6 is 0 Å². The normalized spacial score (nSPS) is 14.8. The largest absolute Gasteiger partial charge is 0.353 e. The van der Waals surface area contributed by atoms with Crippen LogP contribution in [-0.2, 0) is 4.79 Å². The predicted molar refractivity (Wildman–Crippen MR) is 48.3 cm³/mol. The Bertz CT molecular complexity index is 315. The topological polar surface area (TPSA) is 29.1 Å². The van der Waals surface area contributed by atoms with Gasteiger partial charge in [0.25, 0.3) is 0 Å². The third-order valence-electron chi connectivity index (χ3n) is 1.35. The first kappa shape index (κ1) is 8.57. The van der Waals surface area contributed by atoms with Crippen molar-refractivity contribution in [1.82, 2.24) is 5.32 Å². The van der Waals surface area contributed by atoms with Crippen molar-refractivity contribution in [3.8, 4) is 0 Å². The molecular weight excluding hydrogens is 150 g/mol. The zero-order chi connectivity index (χ0) is 8.97. The van der Waals surface area contributed by atoms with Crippen molar-refractivity contribution < 1.29 is 4.79 Å². The molecule has 12 heavy (non-hydrogen) atoms. The second-order valence-corrected chi connectivity index (χ2v) is 2.65. The monoisotopic (exact) mass is 161 g/mol. The summed E-state index contributed by atoms with van der Waals surface area (Å²) in [5, 5.41) is 3.04. The number of ketones is 1. The average molecular weight is 161 g/mol. The molecule has 62 valence electrons. The van der Waals surface area contributed by atoms with Crippen LogP contribution in [0.15, 0.2) is 41.4 Å². The van der Waals surface area contributed by atoms with Gasteiger partial charge in [-0.2, -0.15) is 0 Å². The number of rotatable bonds is 3. The molecule has 1 aliphatic carbocycles. The number of hydrogen-bond donors (Lipinski definition) is 1. The fourth-order valence-corrected chi connectivity index (χ4v) is 0.961. The van der Waals surface area contributed by atoms with Crippen LogP contribution < -0.4 is 5.32 Å². The lowest BCUT2D eigenvalue weighted by Crippen LogP contribution is -2.08. The van der Waals surface area contributed by atoms with Gasteiger partial charge in [-0.1, -0.05) is 11.8 Å². The summed E-state index contributed by atoms with van der Waals surface area (Å²) >= 11 is 0. The number of carbonyl (C=O) groups excluding carboxylic acids is 1. The van der Waals surface area contributed by atoms with Crippen LogP contribution in [0.2, 0.25) is 0 Å². The van der Waals surface area contributed by atoms with E-state index >= 15 is 0 Å². The first-order valence-corrected chi connectivity index (χ1v) is 3.78. The third kappa shape index (κ3) is 2.60. The van der Waals surface area contributed by atoms with Gasteiger partial charge in [-0.25, -0.2) is 0 Å². The Morgan fingerprint density at radius 1 is 1.58 bits per heavy atom. The van der Waals surface area contributed by atoms with Gasteiger partial charge in [-0.3, -0.25) is 4.79 Å². The minimum atomic E-state index is 0.0477. The minimum Gasteiger partial charge on any atom is -0.353 e. The molecule has 1 rings (SSSR count). The zero-order valence-electron chi connectivity index (χ0n) is 7.22. The lowest BCUT2D eigenvalue weighted by Gasteiger charge is -2.02. The van der Waals surface area contributed by atoms with E-state index in [9.17, 15) is 4.79 Å². The minimum absolute atomic E-state index is 0.0477. The summed E-state index contributed by atoms with van der Waals surface area (Å²) in [5.41, 5.74) is 4.71. The van der Waals surface area contributed by atoms with E-state index < -0.39 is 0 Å². The van der Waals surface area contributed by atoms with Crippen LogP contribution in [0.1, 0.15) is 13.8 Å². The van der Waals surface area contributed by atoms with Gasteiger partial charge in [0.2, 0.25) is 0 Å². The Morgan fingerprint density at radius 2 is 2.33 bits per heavy atom. The van der Waals surface area contributed by atoms with Crippen LogP contribution in [-0.4, -0.2) is 5.78 Å². The Labute approximate surface area is 72.0 Å². The van der Waals surface area contributed by atoms with Crippen LogP contribution in [0.4, 0.5) is 0 Å². The zero-order valence-corrected chi connectivity index (χ0v) is 7.22. The Balaban J connectivity index is 2.58. The molecule has 0 bridgehead atoms. The molecule has 0 aromatic rings. The van der Waals surface area contributed by atoms with Crippen molar-refractivity contribution in [3.05, 3.63) is 41.4 Å². The van der Waals surface area contributed by atoms with E-state index in [4.69, 9.17) is 0 Å². The summed E-state index contributed by atoms with van der Waals surface area (Å²) in [4.78, 5) is 10.7. The Kier molecular flexibility index (Phi) is 2.67. The second-order valence-electron chi connectivity index (χ2n) is 2.65. The molecular formula is C10H11NO. The van der Waals surface area contributed by atoms with Gasteiger partial charge in [-0.15, -0.1) is 0 Å². The molecule has 0 aliphatic heterocycles. The quantitative estimate of drug-likeness (QED) is 0.504. The molecule has 0 aromatic carbocycles. The number of nitrogens with one attached hydrogen (secondary N) is 1. The summed E-state index contributed by atoms with van der Waals surface area (Å²) in [5.74, 6) is 0.0477. The third-order valence-corrected chi connectivity index (χ3v) is 1.35. The maximum atomic E-state index is 10.7. The predicted octanol–water partition coefficient (Wildman–Crippen LogP) is 1.68. The molecule has 0 atom stereocenters. The van der Waals surface area contributed by atoms with Crippen LogP contribution in [0.25, 0.3) is 0 Å². The molecule has 2 heteroatoms. The maximum absolute atomic E-state index is 10.7. The van der Waals surface area contributed by atoms with Gasteiger partial charge in [0.1, 0.15) is 0 Å². The van der Waals surface area contributed by atoms with E-state index in [0.717, 1.165) is 11.4 Å². The van der Waals surface area contributed by atoms with E-state index in [-0.39, 0.29) is 5.78 Å². The lowest BCUT2D eigenvalue weighted by atomic mass is 10.3. The van der Waals surface area contributed by atoms with Gasteiger partial charge >= 0.3 is 0 Å². The summed E-state index contributed by atoms with van der Waals surface area (Å²) in [6, 6.07) is 0. The van der Waals surface area contributed by atoms with Gasteiger partial charge in [0.15, 0.2) is 5.78 Å². The molecule has 0 amide bonds. The van der Waals surface area contributed by atoms with Crippen LogP contribution in [0.5, 0.6) is 0 Å². The molecule has 1 aliphatic rings. The highest BCUT2D eigenvalue weighted by molar-refractivity contribution is 5.87. The molecule has 1 N–H and O–H groups in total. The molecule has 0 saturated heterocycles. The van der Waals surface area contributed by atoms with E-state index in [0.29, 0.717) is 0 Å². The Morgan fingerprint density at radius 3 is 2.83 bits per heavy atom. The number of allylic oxidation sites excluding steroid dienone is 4. The smallest absolute Gasteiger partial charge is 0.154 e. The summed E-state index contributed by atoms with van der Waals surface area (Å²) < 4.78 is 0. The van der Waals surface area contributed by atoms with Gasteiger partial charge in [0.05, 0.1) is 5.70 Å². The molecule has 2 nitrogen and oxygen atoms in total. The molecule has 0 aromatic heterocycles. The van der Waals surface area contributed by atoms with Gasteiger partial charge in [-0.05, 0) is 32.1 Å². The number of hydrogen-bond acceptors (Lipinski definition) is 2. The van der Waals surface area contributed by atoms with Gasteiger partial charge < -0.3 is 5.32 Å². The van der Waals surface area contributed by atoms with Gasteiger partial charge in [0, 0.05) is 5.70 Å². The summed E-state index contributed by atoms with van der Waals surface area (Å²) in [6.07, 6.45) is 7.17. The Hall–Kier alpha value is -1.53. The molecule has 0 radical (unpaired) electrons. The first-order chi connectivity index (χ1) is 5.68. The SMILES string of the molecule is CC(=O)/C=C(\C)NC1=C=CC=C1. The van der Waals surface area contributed by atoms with E-state index in [1.807, 2.05) is 25.2 Å². The molecule has 0 spiro atoms. The molecule has 0 unspecified atom stereocenters. The second kappa shape index (κ2) is 3.74. The van der Waals surface area contributed by atoms with Crippen molar-refractivity contribution in [1.29, 1.82) is 0 Å². The fourth-order valence-electron chi connectivity index (χ4n) is 0.961. The highest BCUT2D eigenvalue weighted by atomic mass is 16.1. The summed E-state index contributed by atoms with van der Waals surface area (Å²) in [7, 11) is 0. The van der Waals surface area contributed by atoms with Crippen LogP contribution in [0, 0.1) is 0 Å². The highest BCUT2D eigenvalue weighted by Gasteiger charge is 1.94. The first-order valence-electron chi connectivity index (χ1n) is 3.78. The lowest BCUT2D eigenvalue weighted by molar-refractivity contribution is -0.112. The van der Waals surface area contributed by atoms with E-state index in [2.05, 4.69) is 11.0 Å². The molecule has 0 saturated carbocycles. The molecule has 0 fully saturated rings. The highest BCUT2D eigenvalue weighted by Crippen LogP contribution is 2.00. The summed E-state index contributed by atoms with van der Waals surface area (Å²) in [6.45, 7) is 3.38. The van der Waals surface area contributed by atoms with Crippen LogP contribution in [0.3, 0.4) is 0 Å².